The molecule has 3 amide bonds. The molecule has 2 aliphatic heterocycles. The van der Waals surface area contributed by atoms with Gasteiger partial charge in [0.05, 0.1) is 6.67 Å². The quantitative estimate of drug-likeness (QED) is 0.389. The number of nitrogens with zero attached hydrogens (tertiary/aromatic N) is 4. The third kappa shape index (κ3) is 7.26. The van der Waals surface area contributed by atoms with Crippen molar-refractivity contribution in [2.75, 3.05) is 57.4 Å². The van der Waals surface area contributed by atoms with Gasteiger partial charge in [-0.1, -0.05) is 62.4 Å². The lowest BCUT2D eigenvalue weighted by atomic mass is 9.85. The fraction of sp³-hybridized carbons (Fsp3) is 0.531. The molecule has 0 bridgehead atoms. The fourth-order valence-corrected chi connectivity index (χ4v) is 6.07. The number of nitrogens with two attached hydrogens (primary N) is 1. The van der Waals surface area contributed by atoms with Gasteiger partial charge in [0, 0.05) is 44.7 Å². The minimum absolute atomic E-state index is 0.0973. The van der Waals surface area contributed by atoms with Gasteiger partial charge in [0.15, 0.2) is 0 Å². The SMILES string of the molecule is CCN(CC)CCN1CN(c2ccccc2)C2(CCN(C(=O)C(Cc3ccccc3)NC(=O)CCCN)CC2)C1=O. The molecule has 0 saturated carbocycles. The number of nitrogens with one attached hydrogen (secondary N) is 1. The van der Waals surface area contributed by atoms with Gasteiger partial charge in [-0.25, -0.2) is 0 Å². The van der Waals surface area contributed by atoms with Gasteiger partial charge < -0.3 is 30.7 Å². The zero-order chi connectivity index (χ0) is 29.2. The van der Waals surface area contributed by atoms with Crippen LogP contribution in [0.1, 0.15) is 45.1 Å². The summed E-state index contributed by atoms with van der Waals surface area (Å²) < 4.78 is 0. The van der Waals surface area contributed by atoms with Gasteiger partial charge in [0.25, 0.3) is 0 Å². The lowest BCUT2D eigenvalue weighted by Crippen LogP contribution is -2.59. The molecule has 0 aromatic heterocycles. The molecule has 4 rings (SSSR count). The van der Waals surface area contributed by atoms with Crippen molar-refractivity contribution in [3.63, 3.8) is 0 Å². The molecule has 2 fully saturated rings. The van der Waals surface area contributed by atoms with E-state index in [4.69, 9.17) is 5.73 Å². The lowest BCUT2D eigenvalue weighted by Gasteiger charge is -2.44. The Morgan fingerprint density at radius 3 is 2.24 bits per heavy atom. The van der Waals surface area contributed by atoms with E-state index >= 15 is 0 Å². The Labute approximate surface area is 244 Å². The maximum absolute atomic E-state index is 14.0. The predicted octanol–water partition coefficient (Wildman–Crippen LogP) is 2.46. The zero-order valence-corrected chi connectivity index (χ0v) is 24.6. The number of amides is 3. The monoisotopic (exact) mass is 562 g/mol. The maximum atomic E-state index is 14.0. The Bertz CT molecular complexity index is 1130. The van der Waals surface area contributed by atoms with E-state index in [0.717, 1.165) is 30.9 Å². The highest BCUT2D eigenvalue weighted by molar-refractivity contribution is 5.94. The third-order valence-electron chi connectivity index (χ3n) is 8.59. The molecule has 9 heteroatoms. The van der Waals surface area contributed by atoms with Crippen LogP contribution >= 0.6 is 0 Å². The topological polar surface area (TPSA) is 102 Å². The third-order valence-corrected chi connectivity index (χ3v) is 8.59. The molecule has 1 spiro atoms. The van der Waals surface area contributed by atoms with E-state index in [2.05, 4.69) is 41.1 Å². The summed E-state index contributed by atoms with van der Waals surface area (Å²) in [6, 6.07) is 19.2. The number of carbonyl (C=O) groups excluding carboxylic acids is 3. The molecule has 2 aromatic carbocycles. The summed E-state index contributed by atoms with van der Waals surface area (Å²) in [6.45, 7) is 9.62. The first kappa shape index (κ1) is 30.5. The van der Waals surface area contributed by atoms with Gasteiger partial charge in [-0.15, -0.1) is 0 Å². The van der Waals surface area contributed by atoms with Crippen molar-refractivity contribution in [2.24, 2.45) is 5.73 Å². The predicted molar refractivity (Wildman–Crippen MR) is 162 cm³/mol. The maximum Gasteiger partial charge on any atom is 0.250 e. The molecule has 1 atom stereocenters. The van der Waals surface area contributed by atoms with Crippen LogP contribution < -0.4 is 16.0 Å². The van der Waals surface area contributed by atoms with Crippen LogP contribution in [0.3, 0.4) is 0 Å². The first-order valence-electron chi connectivity index (χ1n) is 15.1. The second-order valence-corrected chi connectivity index (χ2v) is 11.1. The van der Waals surface area contributed by atoms with E-state index in [1.165, 1.54) is 0 Å². The highest BCUT2D eigenvalue weighted by Crippen LogP contribution is 2.39. The van der Waals surface area contributed by atoms with Crippen LogP contribution in [-0.4, -0.2) is 96.5 Å². The summed E-state index contributed by atoms with van der Waals surface area (Å²) in [5.74, 6) is -0.111. The minimum Gasteiger partial charge on any atom is -0.344 e. The molecule has 2 saturated heterocycles. The second kappa shape index (κ2) is 14.5. The number of anilines is 1. The molecule has 0 aliphatic carbocycles. The Kier molecular flexibility index (Phi) is 10.8. The summed E-state index contributed by atoms with van der Waals surface area (Å²) in [7, 11) is 0. The standard InChI is InChI=1S/C32H46N6O3/c1-3-35(4-2)22-23-37-25-38(27-14-9-6-10-15-27)32(31(37)41)17-20-36(21-18-32)30(40)28(34-29(39)16-11-19-33)24-26-12-7-5-8-13-26/h5-10,12-15,28H,3-4,11,16-25,33H2,1-2H3,(H,34,39). The highest BCUT2D eigenvalue weighted by Gasteiger charge is 2.54. The molecule has 2 aliphatic rings. The van der Waals surface area contributed by atoms with Crippen LogP contribution in [0.2, 0.25) is 0 Å². The average Bonchev–Trinajstić information content (AvgIpc) is 3.27. The first-order valence-corrected chi connectivity index (χ1v) is 15.1. The Hall–Kier alpha value is -3.43. The van der Waals surface area contributed by atoms with Gasteiger partial charge in [0.1, 0.15) is 11.6 Å². The van der Waals surface area contributed by atoms with Crippen molar-refractivity contribution in [3.8, 4) is 0 Å². The molecular formula is C32H46N6O3. The van der Waals surface area contributed by atoms with Crippen molar-refractivity contribution >= 4 is 23.4 Å². The van der Waals surface area contributed by atoms with Crippen LogP contribution in [0.4, 0.5) is 5.69 Å². The molecule has 2 heterocycles. The van der Waals surface area contributed by atoms with Crippen LogP contribution in [0, 0.1) is 0 Å². The van der Waals surface area contributed by atoms with Gasteiger partial charge in [0.2, 0.25) is 17.7 Å². The van der Waals surface area contributed by atoms with Crippen molar-refractivity contribution < 1.29 is 14.4 Å². The zero-order valence-electron chi connectivity index (χ0n) is 24.6. The summed E-state index contributed by atoms with van der Waals surface area (Å²) in [6.07, 6.45) is 2.39. The largest absolute Gasteiger partial charge is 0.344 e. The molecule has 1 unspecified atom stereocenters. The number of piperidine rings is 1. The van der Waals surface area contributed by atoms with E-state index in [0.29, 0.717) is 65.0 Å². The highest BCUT2D eigenvalue weighted by atomic mass is 16.2. The number of likely N-dealkylation sites (N-methyl/N-ethyl adjacent to an activating group) is 1. The summed E-state index contributed by atoms with van der Waals surface area (Å²) >= 11 is 0. The van der Waals surface area contributed by atoms with E-state index in [-0.39, 0.29) is 17.7 Å². The van der Waals surface area contributed by atoms with Crippen molar-refractivity contribution in [1.29, 1.82) is 0 Å². The molecule has 41 heavy (non-hydrogen) atoms. The van der Waals surface area contributed by atoms with Crippen molar-refractivity contribution in [3.05, 3.63) is 66.2 Å². The van der Waals surface area contributed by atoms with E-state index in [9.17, 15) is 14.4 Å². The van der Waals surface area contributed by atoms with Crippen LogP contribution in [-0.2, 0) is 20.8 Å². The number of para-hydroxylation sites is 1. The van der Waals surface area contributed by atoms with Gasteiger partial charge in [-0.3, -0.25) is 14.4 Å². The van der Waals surface area contributed by atoms with Crippen molar-refractivity contribution in [1.82, 2.24) is 20.0 Å². The number of hydrogen-bond donors (Lipinski definition) is 2. The molecule has 222 valence electrons. The molecule has 9 nitrogen and oxygen atoms in total. The molecule has 0 radical (unpaired) electrons. The Morgan fingerprint density at radius 2 is 1.63 bits per heavy atom. The van der Waals surface area contributed by atoms with Crippen LogP contribution in [0.15, 0.2) is 60.7 Å². The second-order valence-electron chi connectivity index (χ2n) is 11.1. The van der Waals surface area contributed by atoms with E-state index < -0.39 is 11.6 Å². The van der Waals surface area contributed by atoms with Gasteiger partial charge in [-0.2, -0.15) is 0 Å². The number of likely N-dealkylation sites (tertiary alicyclic amines) is 1. The molecule has 2 aromatic rings. The number of rotatable bonds is 13. The van der Waals surface area contributed by atoms with E-state index in [1.807, 2.05) is 58.3 Å². The fourth-order valence-electron chi connectivity index (χ4n) is 6.07. The van der Waals surface area contributed by atoms with Crippen molar-refractivity contribution in [2.45, 2.75) is 57.5 Å². The molecule has 3 N–H and O–H groups in total. The smallest absolute Gasteiger partial charge is 0.250 e. The van der Waals surface area contributed by atoms with E-state index in [1.54, 1.807) is 0 Å². The summed E-state index contributed by atoms with van der Waals surface area (Å²) in [5.41, 5.74) is 6.93. The number of hydrogen-bond acceptors (Lipinski definition) is 6. The van der Waals surface area contributed by atoms with Crippen LogP contribution in [0.5, 0.6) is 0 Å². The minimum atomic E-state index is -0.680. The molecular weight excluding hydrogens is 516 g/mol. The van der Waals surface area contributed by atoms with Gasteiger partial charge >= 0.3 is 0 Å². The number of carbonyl (C=O) groups is 3. The average molecular weight is 563 g/mol. The normalized spacial score (nSPS) is 17.4. The summed E-state index contributed by atoms with van der Waals surface area (Å²) in [4.78, 5) is 48.9. The lowest BCUT2D eigenvalue weighted by molar-refractivity contribution is -0.140. The first-order chi connectivity index (χ1) is 19.9. The van der Waals surface area contributed by atoms with Gasteiger partial charge in [-0.05, 0) is 56.6 Å². The Morgan fingerprint density at radius 1 is 1.00 bits per heavy atom. The number of benzene rings is 2. The Balaban J connectivity index is 1.50. The van der Waals surface area contributed by atoms with Crippen LogP contribution in [0.25, 0.3) is 0 Å². The summed E-state index contributed by atoms with van der Waals surface area (Å²) in [5, 5.41) is 2.97.